The summed E-state index contributed by atoms with van der Waals surface area (Å²) in [6.07, 6.45) is 1.92. The SMILES string of the molecule is CCCCn1c(-c2ccc(C)cc2)ccc(C(C)=O)c1=O. The minimum Gasteiger partial charge on any atom is -0.308 e. The average Bonchev–Trinajstić information content (AvgIpc) is 2.46. The first-order chi connectivity index (χ1) is 10.0. The van der Waals surface area contributed by atoms with Gasteiger partial charge in [0.25, 0.3) is 5.56 Å². The quantitative estimate of drug-likeness (QED) is 0.782. The molecule has 3 heteroatoms. The topological polar surface area (TPSA) is 39.1 Å². The first kappa shape index (κ1) is 15.2. The van der Waals surface area contributed by atoms with Crippen molar-refractivity contribution in [2.45, 2.75) is 40.2 Å². The Bertz CT molecular complexity index is 696. The van der Waals surface area contributed by atoms with Crippen molar-refractivity contribution >= 4 is 5.78 Å². The van der Waals surface area contributed by atoms with Gasteiger partial charge in [0, 0.05) is 6.54 Å². The Hall–Kier alpha value is -2.16. The third-order valence-corrected chi connectivity index (χ3v) is 3.64. The van der Waals surface area contributed by atoms with Gasteiger partial charge in [-0.2, -0.15) is 0 Å². The Labute approximate surface area is 125 Å². The molecule has 21 heavy (non-hydrogen) atoms. The van der Waals surface area contributed by atoms with E-state index in [1.807, 2.05) is 37.3 Å². The molecule has 1 aromatic heterocycles. The minimum atomic E-state index is -0.186. The zero-order valence-corrected chi connectivity index (χ0v) is 12.8. The summed E-state index contributed by atoms with van der Waals surface area (Å²) in [6.45, 7) is 6.20. The summed E-state index contributed by atoms with van der Waals surface area (Å²) in [6, 6.07) is 11.6. The molecule has 0 bridgehead atoms. The van der Waals surface area contributed by atoms with Crippen LogP contribution in [-0.2, 0) is 6.54 Å². The summed E-state index contributed by atoms with van der Waals surface area (Å²) in [5, 5.41) is 0. The Balaban J connectivity index is 2.59. The number of pyridine rings is 1. The van der Waals surface area contributed by atoms with Crippen LogP contribution in [0.4, 0.5) is 0 Å². The number of hydrogen-bond acceptors (Lipinski definition) is 2. The molecule has 0 saturated heterocycles. The Morgan fingerprint density at radius 3 is 2.33 bits per heavy atom. The van der Waals surface area contributed by atoms with Crippen LogP contribution in [0.5, 0.6) is 0 Å². The fourth-order valence-electron chi connectivity index (χ4n) is 2.36. The van der Waals surface area contributed by atoms with Crippen molar-refractivity contribution < 1.29 is 4.79 Å². The van der Waals surface area contributed by atoms with Crippen LogP contribution in [0.25, 0.3) is 11.3 Å². The second kappa shape index (κ2) is 6.53. The standard InChI is InChI=1S/C18H21NO2/c1-4-5-12-19-17(15-8-6-13(2)7-9-15)11-10-16(14(3)20)18(19)21/h6-11H,4-5,12H2,1-3H3. The number of nitrogens with zero attached hydrogens (tertiary/aromatic N) is 1. The van der Waals surface area contributed by atoms with Crippen molar-refractivity contribution in [1.29, 1.82) is 0 Å². The van der Waals surface area contributed by atoms with Gasteiger partial charge in [0.2, 0.25) is 0 Å². The van der Waals surface area contributed by atoms with Crippen LogP contribution >= 0.6 is 0 Å². The fraction of sp³-hybridized carbons (Fsp3) is 0.333. The van der Waals surface area contributed by atoms with Gasteiger partial charge in [-0.15, -0.1) is 0 Å². The maximum Gasteiger partial charge on any atom is 0.261 e. The number of hydrogen-bond donors (Lipinski definition) is 0. The Morgan fingerprint density at radius 2 is 1.76 bits per heavy atom. The molecule has 0 N–H and O–H groups in total. The number of ketones is 1. The number of aromatic nitrogens is 1. The summed E-state index contributed by atoms with van der Waals surface area (Å²) in [4.78, 5) is 24.1. The summed E-state index contributed by atoms with van der Waals surface area (Å²) >= 11 is 0. The molecule has 0 aliphatic rings. The molecule has 0 fully saturated rings. The molecule has 0 unspecified atom stereocenters. The van der Waals surface area contributed by atoms with Gasteiger partial charge in [0.05, 0.1) is 11.3 Å². The summed E-state index contributed by atoms with van der Waals surface area (Å²) in [7, 11) is 0. The van der Waals surface area contributed by atoms with Gasteiger partial charge in [-0.3, -0.25) is 9.59 Å². The lowest BCUT2D eigenvalue weighted by Crippen LogP contribution is -2.26. The van der Waals surface area contributed by atoms with E-state index in [0.717, 1.165) is 24.1 Å². The molecule has 0 amide bonds. The highest BCUT2D eigenvalue weighted by molar-refractivity contribution is 5.94. The van der Waals surface area contributed by atoms with Gasteiger partial charge in [-0.25, -0.2) is 0 Å². The van der Waals surface area contributed by atoms with Crippen molar-refractivity contribution in [2.24, 2.45) is 0 Å². The number of carbonyl (C=O) groups excluding carboxylic acids is 1. The third kappa shape index (κ3) is 3.30. The minimum absolute atomic E-state index is 0.180. The van der Waals surface area contributed by atoms with Crippen LogP contribution in [0.3, 0.4) is 0 Å². The molecule has 3 nitrogen and oxygen atoms in total. The molecule has 2 aromatic rings. The van der Waals surface area contributed by atoms with E-state index in [-0.39, 0.29) is 16.9 Å². The summed E-state index contributed by atoms with van der Waals surface area (Å²) in [5.41, 5.74) is 3.14. The molecule has 0 spiro atoms. The first-order valence-electron chi connectivity index (χ1n) is 7.36. The van der Waals surface area contributed by atoms with Gasteiger partial charge in [0.15, 0.2) is 5.78 Å². The second-order valence-corrected chi connectivity index (χ2v) is 5.36. The van der Waals surface area contributed by atoms with Crippen molar-refractivity contribution in [3.63, 3.8) is 0 Å². The molecule has 0 atom stereocenters. The highest BCUT2D eigenvalue weighted by Crippen LogP contribution is 2.19. The lowest BCUT2D eigenvalue weighted by Gasteiger charge is -2.14. The zero-order chi connectivity index (χ0) is 15.4. The summed E-state index contributed by atoms with van der Waals surface area (Å²) < 4.78 is 1.73. The lowest BCUT2D eigenvalue weighted by molar-refractivity contribution is 0.101. The van der Waals surface area contributed by atoms with Crippen molar-refractivity contribution in [3.8, 4) is 11.3 Å². The summed E-state index contributed by atoms with van der Waals surface area (Å²) in [5.74, 6) is -0.180. The molecule has 2 rings (SSSR count). The number of Topliss-reactive ketones (excluding diaryl/α,β-unsaturated/α-hetero) is 1. The molecule has 0 saturated carbocycles. The van der Waals surface area contributed by atoms with Crippen LogP contribution < -0.4 is 5.56 Å². The van der Waals surface area contributed by atoms with Crippen LogP contribution in [0, 0.1) is 6.92 Å². The molecule has 0 radical (unpaired) electrons. The van der Waals surface area contributed by atoms with Crippen LogP contribution in [0.15, 0.2) is 41.2 Å². The Morgan fingerprint density at radius 1 is 1.10 bits per heavy atom. The van der Waals surface area contributed by atoms with Crippen molar-refractivity contribution in [1.82, 2.24) is 4.57 Å². The molecule has 1 aromatic carbocycles. The van der Waals surface area contributed by atoms with E-state index in [0.29, 0.717) is 6.54 Å². The van der Waals surface area contributed by atoms with Gasteiger partial charge >= 0.3 is 0 Å². The van der Waals surface area contributed by atoms with E-state index in [9.17, 15) is 9.59 Å². The number of aryl methyl sites for hydroxylation is 1. The van der Waals surface area contributed by atoms with E-state index in [1.165, 1.54) is 12.5 Å². The fourth-order valence-corrected chi connectivity index (χ4v) is 2.36. The monoisotopic (exact) mass is 283 g/mol. The molecule has 1 heterocycles. The van der Waals surface area contributed by atoms with E-state index in [4.69, 9.17) is 0 Å². The average molecular weight is 283 g/mol. The van der Waals surface area contributed by atoms with Gasteiger partial charge in [-0.05, 0) is 38.0 Å². The van der Waals surface area contributed by atoms with Gasteiger partial charge in [0.1, 0.15) is 0 Å². The number of unbranched alkanes of at least 4 members (excludes halogenated alkanes) is 1. The lowest BCUT2D eigenvalue weighted by atomic mass is 10.1. The normalized spacial score (nSPS) is 10.6. The van der Waals surface area contributed by atoms with Crippen molar-refractivity contribution in [3.05, 3.63) is 57.9 Å². The van der Waals surface area contributed by atoms with Crippen molar-refractivity contribution in [2.75, 3.05) is 0 Å². The number of rotatable bonds is 5. The van der Waals surface area contributed by atoms with E-state index in [1.54, 1.807) is 10.6 Å². The molecular formula is C18H21NO2. The maximum absolute atomic E-state index is 12.5. The third-order valence-electron chi connectivity index (χ3n) is 3.64. The van der Waals surface area contributed by atoms with Crippen LogP contribution in [0.2, 0.25) is 0 Å². The Kier molecular flexibility index (Phi) is 4.73. The maximum atomic E-state index is 12.5. The predicted molar refractivity (Wildman–Crippen MR) is 85.8 cm³/mol. The van der Waals surface area contributed by atoms with E-state index >= 15 is 0 Å². The highest BCUT2D eigenvalue weighted by Gasteiger charge is 2.12. The smallest absolute Gasteiger partial charge is 0.261 e. The van der Waals surface area contributed by atoms with Crippen LogP contribution in [-0.4, -0.2) is 10.4 Å². The van der Waals surface area contributed by atoms with Crippen LogP contribution in [0.1, 0.15) is 42.6 Å². The molecule has 0 aliphatic heterocycles. The molecular weight excluding hydrogens is 262 g/mol. The highest BCUT2D eigenvalue weighted by atomic mass is 16.1. The number of benzene rings is 1. The molecule has 0 aliphatic carbocycles. The zero-order valence-electron chi connectivity index (χ0n) is 12.8. The van der Waals surface area contributed by atoms with E-state index in [2.05, 4.69) is 6.92 Å². The first-order valence-corrected chi connectivity index (χ1v) is 7.36. The predicted octanol–water partition coefficient (Wildman–Crippen LogP) is 3.83. The largest absolute Gasteiger partial charge is 0.308 e. The van der Waals surface area contributed by atoms with Gasteiger partial charge in [-0.1, -0.05) is 43.2 Å². The second-order valence-electron chi connectivity index (χ2n) is 5.36. The van der Waals surface area contributed by atoms with Gasteiger partial charge < -0.3 is 4.57 Å². The van der Waals surface area contributed by atoms with E-state index < -0.39 is 0 Å². The number of carbonyl (C=O) groups is 1. The molecule has 110 valence electrons.